The molecule has 0 aromatic carbocycles. The highest BCUT2D eigenvalue weighted by molar-refractivity contribution is 7.88. The zero-order valence-corrected chi connectivity index (χ0v) is 6.28. The van der Waals surface area contributed by atoms with Crippen molar-refractivity contribution in [1.29, 1.82) is 0 Å². The Labute approximate surface area is 54.5 Å². The van der Waals surface area contributed by atoms with Crippen LogP contribution in [0.2, 0.25) is 0 Å². The van der Waals surface area contributed by atoms with E-state index in [-0.39, 0.29) is 6.54 Å². The Kier molecular flexibility index (Phi) is 3.07. The van der Waals surface area contributed by atoms with Gasteiger partial charge < -0.3 is 0 Å². The molecule has 0 aliphatic carbocycles. The molecule has 9 heavy (non-hydrogen) atoms. The van der Waals surface area contributed by atoms with Gasteiger partial charge in [-0.2, -0.15) is 0 Å². The van der Waals surface area contributed by atoms with Gasteiger partial charge in [0.1, 0.15) is 6.67 Å². The second-order valence-corrected chi connectivity index (χ2v) is 3.86. The van der Waals surface area contributed by atoms with Gasteiger partial charge in [-0.05, 0) is 0 Å². The number of nitrogens with zero attached hydrogens (tertiary/aromatic N) is 1. The first-order chi connectivity index (χ1) is 3.98. The largest absolute Gasteiger partial charge is 0.250 e. The maximum atomic E-state index is 11.5. The van der Waals surface area contributed by atoms with Gasteiger partial charge in [0.2, 0.25) is 10.0 Å². The highest BCUT2D eigenvalue weighted by atomic mass is 32.2. The van der Waals surface area contributed by atoms with Crippen LogP contribution in [0.15, 0.2) is 0 Å². The van der Waals surface area contributed by atoms with E-state index in [2.05, 4.69) is 0 Å². The maximum absolute atomic E-state index is 11.5. The third-order valence-electron chi connectivity index (χ3n) is 0.966. The lowest BCUT2D eigenvalue weighted by atomic mass is 10.7. The van der Waals surface area contributed by atoms with Crippen molar-refractivity contribution in [3.05, 3.63) is 0 Å². The predicted octanol–water partition coefficient (Wildman–Crippen LogP) is -0.153. The Bertz CT molecular complexity index is 165. The number of rotatable bonds is 3. The molecule has 0 aromatic rings. The van der Waals surface area contributed by atoms with E-state index in [9.17, 15) is 12.8 Å². The Morgan fingerprint density at radius 1 is 1.56 bits per heavy atom. The molecule has 0 aliphatic heterocycles. The molecule has 3 nitrogen and oxygen atoms in total. The molecule has 0 fully saturated rings. The van der Waals surface area contributed by atoms with Crippen molar-refractivity contribution in [1.82, 2.24) is 4.31 Å². The van der Waals surface area contributed by atoms with Gasteiger partial charge in [-0.15, -0.1) is 0 Å². The molecule has 0 saturated carbocycles. The third-order valence-corrected chi connectivity index (χ3v) is 2.28. The second-order valence-electron chi connectivity index (χ2n) is 1.77. The first-order valence-electron chi connectivity index (χ1n) is 2.45. The molecule has 0 aliphatic rings. The summed E-state index contributed by atoms with van der Waals surface area (Å²) in [5.41, 5.74) is 0. The zero-order chi connectivity index (χ0) is 7.49. The molecule has 0 amide bonds. The van der Waals surface area contributed by atoms with E-state index in [1.807, 2.05) is 0 Å². The number of hydrogen-bond donors (Lipinski definition) is 0. The summed E-state index contributed by atoms with van der Waals surface area (Å²) in [5, 5.41) is 0. The quantitative estimate of drug-likeness (QED) is 0.568. The summed E-state index contributed by atoms with van der Waals surface area (Å²) in [5.74, 6) is 0. The fourth-order valence-electron chi connectivity index (χ4n) is 0.285. The standard InChI is InChI=1S/C4H10FNO2S/c1-6(4-3-5)9(2,7)8/h3-4H2,1-2H3. The molecule has 0 heterocycles. The Hall–Kier alpha value is -0.160. The first-order valence-corrected chi connectivity index (χ1v) is 4.30. The highest BCUT2D eigenvalue weighted by Gasteiger charge is 2.08. The maximum Gasteiger partial charge on any atom is 0.211 e. The minimum atomic E-state index is -3.17. The Morgan fingerprint density at radius 2 is 2.00 bits per heavy atom. The van der Waals surface area contributed by atoms with Crippen LogP contribution in [0.4, 0.5) is 4.39 Å². The molecule has 0 saturated heterocycles. The summed E-state index contributed by atoms with van der Waals surface area (Å²) in [4.78, 5) is 0. The summed E-state index contributed by atoms with van der Waals surface area (Å²) >= 11 is 0. The molecule has 0 rings (SSSR count). The van der Waals surface area contributed by atoms with Gasteiger partial charge in [0.25, 0.3) is 0 Å². The number of hydrogen-bond acceptors (Lipinski definition) is 2. The van der Waals surface area contributed by atoms with Gasteiger partial charge in [0.15, 0.2) is 0 Å². The van der Waals surface area contributed by atoms with Crippen molar-refractivity contribution in [3.8, 4) is 0 Å². The van der Waals surface area contributed by atoms with Crippen LogP contribution >= 0.6 is 0 Å². The summed E-state index contributed by atoms with van der Waals surface area (Å²) in [6.07, 6.45) is 1.04. The SMILES string of the molecule is CN(CCF)S(C)(=O)=O. The van der Waals surface area contributed by atoms with Gasteiger partial charge in [-0.1, -0.05) is 0 Å². The number of sulfonamides is 1. The lowest BCUT2D eigenvalue weighted by molar-refractivity contribution is 0.396. The van der Waals surface area contributed by atoms with E-state index in [4.69, 9.17) is 0 Å². The average Bonchev–Trinajstić information content (AvgIpc) is 1.64. The minimum absolute atomic E-state index is 0.0567. The first kappa shape index (κ1) is 8.84. The second kappa shape index (κ2) is 3.12. The van der Waals surface area contributed by atoms with E-state index < -0.39 is 16.7 Å². The minimum Gasteiger partial charge on any atom is -0.250 e. The monoisotopic (exact) mass is 155 g/mol. The highest BCUT2D eigenvalue weighted by Crippen LogP contribution is 1.90. The van der Waals surface area contributed by atoms with Crippen LogP contribution < -0.4 is 0 Å². The van der Waals surface area contributed by atoms with Gasteiger partial charge in [0, 0.05) is 13.6 Å². The molecule has 5 heteroatoms. The molecule has 0 N–H and O–H groups in total. The molecule has 0 spiro atoms. The Balaban J connectivity index is 3.90. The van der Waals surface area contributed by atoms with Crippen molar-refractivity contribution in [2.75, 3.05) is 26.5 Å². The van der Waals surface area contributed by atoms with Crippen LogP contribution in [0.25, 0.3) is 0 Å². The molecular weight excluding hydrogens is 145 g/mol. The van der Waals surface area contributed by atoms with E-state index in [0.29, 0.717) is 0 Å². The molecule has 0 bridgehead atoms. The van der Waals surface area contributed by atoms with Crippen molar-refractivity contribution in [2.45, 2.75) is 0 Å². The van der Waals surface area contributed by atoms with Crippen molar-refractivity contribution in [3.63, 3.8) is 0 Å². The van der Waals surface area contributed by atoms with Gasteiger partial charge in [-0.25, -0.2) is 17.1 Å². The van der Waals surface area contributed by atoms with E-state index in [1.54, 1.807) is 0 Å². The van der Waals surface area contributed by atoms with Gasteiger partial charge in [0.05, 0.1) is 6.26 Å². The molecular formula is C4H10FNO2S. The van der Waals surface area contributed by atoms with E-state index >= 15 is 0 Å². The topological polar surface area (TPSA) is 37.4 Å². The van der Waals surface area contributed by atoms with Crippen LogP contribution in [0.3, 0.4) is 0 Å². The zero-order valence-electron chi connectivity index (χ0n) is 5.46. The average molecular weight is 155 g/mol. The Morgan fingerprint density at radius 3 is 2.11 bits per heavy atom. The van der Waals surface area contributed by atoms with Crippen molar-refractivity contribution < 1.29 is 12.8 Å². The molecule has 0 aromatic heterocycles. The van der Waals surface area contributed by atoms with Gasteiger partial charge >= 0.3 is 0 Å². The normalized spacial score (nSPS) is 12.4. The van der Waals surface area contributed by atoms with Gasteiger partial charge in [-0.3, -0.25) is 0 Å². The van der Waals surface area contributed by atoms with E-state index in [0.717, 1.165) is 10.6 Å². The van der Waals surface area contributed by atoms with Crippen LogP contribution in [-0.2, 0) is 10.0 Å². The molecule has 56 valence electrons. The van der Waals surface area contributed by atoms with Crippen molar-refractivity contribution >= 4 is 10.0 Å². The summed E-state index contributed by atoms with van der Waals surface area (Å²) in [6.45, 7) is -0.692. The number of alkyl halides is 1. The van der Waals surface area contributed by atoms with Crippen LogP contribution in [0, 0.1) is 0 Å². The molecule has 0 radical (unpaired) electrons. The fourth-order valence-corrected chi connectivity index (χ4v) is 0.685. The van der Waals surface area contributed by atoms with Crippen LogP contribution in [0.5, 0.6) is 0 Å². The van der Waals surface area contributed by atoms with Crippen LogP contribution in [-0.4, -0.2) is 39.2 Å². The fraction of sp³-hybridized carbons (Fsp3) is 1.00. The third kappa shape index (κ3) is 3.42. The lowest BCUT2D eigenvalue weighted by Crippen LogP contribution is -2.27. The summed E-state index contributed by atoms with van der Waals surface area (Å²) < 4.78 is 33.4. The summed E-state index contributed by atoms with van der Waals surface area (Å²) in [6, 6.07) is 0. The summed E-state index contributed by atoms with van der Waals surface area (Å²) in [7, 11) is -1.83. The lowest BCUT2D eigenvalue weighted by Gasteiger charge is -2.09. The smallest absolute Gasteiger partial charge is 0.211 e. The molecule has 0 atom stereocenters. The van der Waals surface area contributed by atoms with E-state index in [1.165, 1.54) is 7.05 Å². The van der Waals surface area contributed by atoms with Crippen molar-refractivity contribution in [2.24, 2.45) is 0 Å². The molecule has 0 unspecified atom stereocenters. The predicted molar refractivity (Wildman–Crippen MR) is 33.4 cm³/mol. The van der Waals surface area contributed by atoms with Crippen LogP contribution in [0.1, 0.15) is 0 Å². The number of halogens is 1.